The number of nitrogens with zero attached hydrogens (tertiary/aromatic N) is 4. The maximum Gasteiger partial charge on any atom is 0.274 e. The first-order valence-electron chi connectivity index (χ1n) is 10.3. The number of hydrogen-bond donors (Lipinski definition) is 2. The van der Waals surface area contributed by atoms with Crippen LogP contribution < -0.4 is 15.5 Å². The Hall–Kier alpha value is -3.49. The second kappa shape index (κ2) is 8.57. The van der Waals surface area contributed by atoms with Crippen molar-refractivity contribution >= 4 is 34.5 Å². The molecule has 0 atom stereocenters. The highest BCUT2D eigenvalue weighted by Crippen LogP contribution is 2.29. The van der Waals surface area contributed by atoms with E-state index < -0.39 is 11.7 Å². The van der Waals surface area contributed by atoms with E-state index in [1.807, 2.05) is 18.2 Å². The molecule has 162 valence electrons. The number of halogens is 2. The Morgan fingerprint density at radius 1 is 1.12 bits per heavy atom. The van der Waals surface area contributed by atoms with Crippen LogP contribution in [0.4, 0.5) is 15.8 Å². The SMILES string of the molecule is O=C(Nc1cc(F)ccc1N1CCNCC1)c1ccn2ncc(-c3cccc(Cl)c3)c2n1. The van der Waals surface area contributed by atoms with Crippen molar-refractivity contribution in [1.82, 2.24) is 19.9 Å². The lowest BCUT2D eigenvalue weighted by molar-refractivity contribution is 0.102. The Kier molecular flexibility index (Phi) is 5.46. The monoisotopic (exact) mass is 450 g/mol. The van der Waals surface area contributed by atoms with Crippen molar-refractivity contribution in [3.63, 3.8) is 0 Å². The highest BCUT2D eigenvalue weighted by Gasteiger charge is 2.18. The third-order valence-electron chi connectivity index (χ3n) is 5.40. The predicted octanol–water partition coefficient (Wildman–Crippen LogP) is 3.85. The number of anilines is 2. The molecule has 0 saturated carbocycles. The van der Waals surface area contributed by atoms with E-state index in [9.17, 15) is 9.18 Å². The third-order valence-corrected chi connectivity index (χ3v) is 5.64. The molecule has 1 aliphatic rings. The third kappa shape index (κ3) is 4.02. The molecule has 0 bridgehead atoms. The van der Waals surface area contributed by atoms with Crippen LogP contribution in [-0.2, 0) is 0 Å². The Morgan fingerprint density at radius 2 is 1.97 bits per heavy atom. The van der Waals surface area contributed by atoms with Crippen LogP contribution in [0.3, 0.4) is 0 Å². The number of piperazine rings is 1. The van der Waals surface area contributed by atoms with E-state index in [1.54, 1.807) is 35.1 Å². The molecule has 0 aliphatic carbocycles. The Morgan fingerprint density at radius 3 is 2.78 bits per heavy atom. The maximum absolute atomic E-state index is 14.0. The second-order valence-electron chi connectivity index (χ2n) is 7.50. The molecule has 3 heterocycles. The van der Waals surface area contributed by atoms with Gasteiger partial charge in [0.25, 0.3) is 5.91 Å². The van der Waals surface area contributed by atoms with E-state index in [0.717, 1.165) is 43.0 Å². The van der Waals surface area contributed by atoms with Gasteiger partial charge in [0.2, 0.25) is 0 Å². The van der Waals surface area contributed by atoms with E-state index in [2.05, 4.69) is 25.6 Å². The number of hydrogen-bond acceptors (Lipinski definition) is 5. The Labute approximate surface area is 188 Å². The maximum atomic E-state index is 14.0. The lowest BCUT2D eigenvalue weighted by atomic mass is 10.1. The van der Waals surface area contributed by atoms with Gasteiger partial charge in [-0.25, -0.2) is 13.9 Å². The smallest absolute Gasteiger partial charge is 0.274 e. The second-order valence-corrected chi connectivity index (χ2v) is 7.94. The van der Waals surface area contributed by atoms with Crippen molar-refractivity contribution in [2.75, 3.05) is 36.4 Å². The first kappa shape index (κ1) is 20.4. The van der Waals surface area contributed by atoms with Crippen molar-refractivity contribution in [2.45, 2.75) is 0 Å². The molecule has 2 aromatic heterocycles. The fraction of sp³-hybridized carbons (Fsp3) is 0.174. The molecule has 5 rings (SSSR count). The molecule has 32 heavy (non-hydrogen) atoms. The zero-order chi connectivity index (χ0) is 22.1. The van der Waals surface area contributed by atoms with Crippen LogP contribution >= 0.6 is 11.6 Å². The van der Waals surface area contributed by atoms with E-state index in [0.29, 0.717) is 16.4 Å². The van der Waals surface area contributed by atoms with E-state index in [1.165, 1.54) is 12.1 Å². The Bertz CT molecular complexity index is 1300. The summed E-state index contributed by atoms with van der Waals surface area (Å²) >= 11 is 6.13. The summed E-state index contributed by atoms with van der Waals surface area (Å²) < 4.78 is 15.6. The molecule has 4 aromatic rings. The summed E-state index contributed by atoms with van der Waals surface area (Å²) in [6.07, 6.45) is 3.36. The number of aromatic nitrogens is 3. The van der Waals surface area contributed by atoms with Gasteiger partial charge in [0, 0.05) is 43.0 Å². The van der Waals surface area contributed by atoms with Crippen molar-refractivity contribution < 1.29 is 9.18 Å². The highest BCUT2D eigenvalue weighted by atomic mass is 35.5. The summed E-state index contributed by atoms with van der Waals surface area (Å²) in [5.74, 6) is -0.839. The molecule has 1 fully saturated rings. The van der Waals surface area contributed by atoms with Crippen molar-refractivity contribution in [2.24, 2.45) is 0 Å². The summed E-state index contributed by atoms with van der Waals surface area (Å²) in [6.45, 7) is 3.21. The van der Waals surface area contributed by atoms with Crippen LogP contribution in [0.2, 0.25) is 5.02 Å². The minimum Gasteiger partial charge on any atom is -0.367 e. The molecule has 2 aromatic carbocycles. The number of amides is 1. The summed E-state index contributed by atoms with van der Waals surface area (Å²) in [7, 11) is 0. The summed E-state index contributed by atoms with van der Waals surface area (Å²) in [5, 5.41) is 11.0. The molecule has 9 heteroatoms. The van der Waals surface area contributed by atoms with Crippen LogP contribution in [-0.4, -0.2) is 46.7 Å². The van der Waals surface area contributed by atoms with Gasteiger partial charge >= 0.3 is 0 Å². The van der Waals surface area contributed by atoms with Gasteiger partial charge in [-0.2, -0.15) is 5.10 Å². The number of nitrogens with one attached hydrogen (secondary N) is 2. The topological polar surface area (TPSA) is 74.6 Å². The fourth-order valence-corrected chi connectivity index (χ4v) is 4.02. The molecule has 1 saturated heterocycles. The number of rotatable bonds is 4. The molecular formula is C23H20ClFN6O. The molecule has 1 amide bonds. The highest BCUT2D eigenvalue weighted by molar-refractivity contribution is 6.30. The number of fused-ring (bicyclic) bond motifs is 1. The largest absolute Gasteiger partial charge is 0.367 e. The lowest BCUT2D eigenvalue weighted by Crippen LogP contribution is -2.43. The van der Waals surface area contributed by atoms with Gasteiger partial charge in [0.05, 0.1) is 17.6 Å². The number of carbonyl (C=O) groups is 1. The molecular weight excluding hydrogens is 431 g/mol. The quantitative estimate of drug-likeness (QED) is 0.494. The minimum absolute atomic E-state index is 0.205. The molecule has 7 nitrogen and oxygen atoms in total. The standard InChI is InChI=1S/C23H20ClFN6O/c24-16-3-1-2-15(12-16)18-14-27-31-9-6-19(28-22(18)31)23(32)29-20-13-17(25)4-5-21(20)30-10-7-26-8-11-30/h1-6,9,12-14,26H,7-8,10-11H2,(H,29,32). The lowest BCUT2D eigenvalue weighted by Gasteiger charge is -2.31. The van der Waals surface area contributed by atoms with Gasteiger partial charge in [-0.05, 0) is 42.0 Å². The number of benzene rings is 2. The fourth-order valence-electron chi connectivity index (χ4n) is 3.83. The van der Waals surface area contributed by atoms with Gasteiger partial charge in [-0.15, -0.1) is 0 Å². The van der Waals surface area contributed by atoms with Gasteiger partial charge in [0.1, 0.15) is 11.5 Å². The first-order chi connectivity index (χ1) is 15.6. The summed E-state index contributed by atoms with van der Waals surface area (Å²) in [4.78, 5) is 19.7. The van der Waals surface area contributed by atoms with E-state index in [-0.39, 0.29) is 5.69 Å². The van der Waals surface area contributed by atoms with E-state index in [4.69, 9.17) is 11.6 Å². The van der Waals surface area contributed by atoms with Crippen LogP contribution in [0.25, 0.3) is 16.8 Å². The molecule has 2 N–H and O–H groups in total. The number of carbonyl (C=O) groups excluding carboxylic acids is 1. The van der Waals surface area contributed by atoms with Gasteiger partial charge in [-0.3, -0.25) is 4.79 Å². The van der Waals surface area contributed by atoms with Crippen LogP contribution in [0.15, 0.2) is 60.9 Å². The van der Waals surface area contributed by atoms with Crippen LogP contribution in [0.1, 0.15) is 10.5 Å². The summed E-state index contributed by atoms with van der Waals surface area (Å²) in [6, 6.07) is 13.4. The van der Waals surface area contributed by atoms with Gasteiger partial charge in [-0.1, -0.05) is 23.7 Å². The first-order valence-corrected chi connectivity index (χ1v) is 10.6. The van der Waals surface area contributed by atoms with Crippen LogP contribution in [0, 0.1) is 5.82 Å². The predicted molar refractivity (Wildman–Crippen MR) is 123 cm³/mol. The average molecular weight is 451 g/mol. The van der Waals surface area contributed by atoms with Crippen molar-refractivity contribution in [1.29, 1.82) is 0 Å². The molecule has 0 unspecified atom stereocenters. The molecule has 0 spiro atoms. The normalized spacial score (nSPS) is 14.0. The zero-order valence-electron chi connectivity index (χ0n) is 17.1. The van der Waals surface area contributed by atoms with Gasteiger partial charge in [0.15, 0.2) is 5.65 Å². The molecule has 0 radical (unpaired) electrons. The summed E-state index contributed by atoms with van der Waals surface area (Å²) in [5.41, 5.74) is 3.55. The molecule has 1 aliphatic heterocycles. The van der Waals surface area contributed by atoms with Crippen LogP contribution in [0.5, 0.6) is 0 Å². The van der Waals surface area contributed by atoms with E-state index >= 15 is 0 Å². The zero-order valence-corrected chi connectivity index (χ0v) is 17.8. The van der Waals surface area contributed by atoms with Crippen molar-refractivity contribution in [3.05, 3.63) is 77.5 Å². The van der Waals surface area contributed by atoms with Gasteiger partial charge < -0.3 is 15.5 Å². The Balaban J connectivity index is 1.47. The average Bonchev–Trinajstić information content (AvgIpc) is 3.23. The minimum atomic E-state index is -0.423. The van der Waals surface area contributed by atoms with Crippen molar-refractivity contribution in [3.8, 4) is 11.1 Å².